The third-order valence-electron chi connectivity index (χ3n) is 3.46. The van der Waals surface area contributed by atoms with E-state index >= 15 is 0 Å². The van der Waals surface area contributed by atoms with E-state index in [4.69, 9.17) is 0 Å². The van der Waals surface area contributed by atoms with E-state index < -0.39 is 0 Å². The number of fused-ring (bicyclic) bond motifs is 1. The first-order valence-corrected chi connectivity index (χ1v) is 7.20. The fourth-order valence-electron chi connectivity index (χ4n) is 2.45. The predicted octanol–water partition coefficient (Wildman–Crippen LogP) is 4.19. The molecule has 0 spiro atoms. The van der Waals surface area contributed by atoms with E-state index in [1.807, 2.05) is 30.3 Å². The van der Waals surface area contributed by atoms with E-state index in [1.54, 1.807) is 0 Å². The molecule has 0 aromatic heterocycles. The molecule has 3 heteroatoms. The van der Waals surface area contributed by atoms with Crippen molar-refractivity contribution in [2.75, 3.05) is 5.32 Å². The van der Waals surface area contributed by atoms with E-state index in [2.05, 4.69) is 33.4 Å². The second-order valence-electron chi connectivity index (χ2n) is 4.80. The Morgan fingerprint density at radius 1 is 1.00 bits per heavy atom. The number of nitrogens with one attached hydrogen (secondary N) is 1. The summed E-state index contributed by atoms with van der Waals surface area (Å²) < 4.78 is 0.974. The SMILES string of the molecule is O=C(Nc1ccc2c(c1)CCC2)c1ccc(Br)cc1. The van der Waals surface area contributed by atoms with Gasteiger partial charge in [0.25, 0.3) is 5.91 Å². The lowest BCUT2D eigenvalue weighted by Gasteiger charge is -2.07. The Balaban J connectivity index is 1.77. The van der Waals surface area contributed by atoms with Crippen molar-refractivity contribution in [3.05, 3.63) is 63.6 Å². The van der Waals surface area contributed by atoms with Gasteiger partial charge in [0, 0.05) is 15.7 Å². The number of rotatable bonds is 2. The summed E-state index contributed by atoms with van der Waals surface area (Å²) in [5.74, 6) is -0.0644. The fourth-order valence-corrected chi connectivity index (χ4v) is 2.72. The summed E-state index contributed by atoms with van der Waals surface area (Å²) in [6.07, 6.45) is 3.51. The van der Waals surface area contributed by atoms with Crippen LogP contribution in [0.5, 0.6) is 0 Å². The largest absolute Gasteiger partial charge is 0.322 e. The number of carbonyl (C=O) groups excluding carboxylic acids is 1. The molecule has 0 unspecified atom stereocenters. The standard InChI is InChI=1S/C16H14BrNO/c17-14-7-4-12(5-8-14)16(19)18-15-9-6-11-2-1-3-13(11)10-15/h4-10H,1-3H2,(H,18,19). The quantitative estimate of drug-likeness (QED) is 0.884. The van der Waals surface area contributed by atoms with Crippen LogP contribution in [0.3, 0.4) is 0 Å². The second-order valence-corrected chi connectivity index (χ2v) is 5.71. The minimum Gasteiger partial charge on any atom is -0.322 e. The van der Waals surface area contributed by atoms with Gasteiger partial charge in [0.1, 0.15) is 0 Å². The van der Waals surface area contributed by atoms with Crippen LogP contribution in [0.4, 0.5) is 5.69 Å². The van der Waals surface area contributed by atoms with Crippen molar-refractivity contribution in [2.45, 2.75) is 19.3 Å². The summed E-state index contributed by atoms with van der Waals surface area (Å²) in [6, 6.07) is 13.6. The molecule has 0 radical (unpaired) electrons. The fraction of sp³-hybridized carbons (Fsp3) is 0.188. The molecular formula is C16H14BrNO. The molecule has 0 saturated heterocycles. The summed E-state index contributed by atoms with van der Waals surface area (Å²) in [5.41, 5.74) is 4.34. The molecular weight excluding hydrogens is 302 g/mol. The Morgan fingerprint density at radius 3 is 2.53 bits per heavy atom. The summed E-state index contributed by atoms with van der Waals surface area (Å²) in [5, 5.41) is 2.95. The summed E-state index contributed by atoms with van der Waals surface area (Å²) in [4.78, 5) is 12.1. The second kappa shape index (κ2) is 5.17. The molecule has 0 atom stereocenters. The predicted molar refractivity (Wildman–Crippen MR) is 80.6 cm³/mol. The molecule has 2 nitrogen and oxygen atoms in total. The van der Waals surface area contributed by atoms with Gasteiger partial charge in [-0.05, 0) is 66.8 Å². The number of amides is 1. The van der Waals surface area contributed by atoms with Crippen LogP contribution in [-0.4, -0.2) is 5.91 Å². The number of anilines is 1. The molecule has 0 heterocycles. The van der Waals surface area contributed by atoms with Crippen molar-refractivity contribution >= 4 is 27.5 Å². The van der Waals surface area contributed by atoms with Gasteiger partial charge in [0.05, 0.1) is 0 Å². The molecule has 3 rings (SSSR count). The molecule has 0 saturated carbocycles. The van der Waals surface area contributed by atoms with Crippen LogP contribution >= 0.6 is 15.9 Å². The Morgan fingerprint density at radius 2 is 1.74 bits per heavy atom. The normalized spacial score (nSPS) is 13.1. The van der Waals surface area contributed by atoms with E-state index in [0.717, 1.165) is 23.0 Å². The Kier molecular flexibility index (Phi) is 3.38. The molecule has 1 aliphatic rings. The number of hydrogen-bond acceptors (Lipinski definition) is 1. The first-order chi connectivity index (χ1) is 9.22. The van der Waals surface area contributed by atoms with Gasteiger partial charge in [0.15, 0.2) is 0 Å². The molecule has 1 aliphatic carbocycles. The summed E-state index contributed by atoms with van der Waals surface area (Å²) in [6.45, 7) is 0. The number of benzene rings is 2. The van der Waals surface area contributed by atoms with E-state index in [-0.39, 0.29) is 5.91 Å². The number of aryl methyl sites for hydroxylation is 2. The molecule has 96 valence electrons. The average molecular weight is 316 g/mol. The highest BCUT2D eigenvalue weighted by Gasteiger charge is 2.12. The first kappa shape index (κ1) is 12.4. The van der Waals surface area contributed by atoms with Crippen LogP contribution in [0.1, 0.15) is 27.9 Å². The maximum Gasteiger partial charge on any atom is 0.255 e. The molecule has 2 aromatic carbocycles. The van der Waals surface area contributed by atoms with Gasteiger partial charge < -0.3 is 5.32 Å². The highest BCUT2D eigenvalue weighted by Crippen LogP contribution is 2.25. The molecule has 2 aromatic rings. The van der Waals surface area contributed by atoms with Crippen molar-refractivity contribution in [1.82, 2.24) is 0 Å². The topological polar surface area (TPSA) is 29.1 Å². The highest BCUT2D eigenvalue weighted by molar-refractivity contribution is 9.10. The van der Waals surface area contributed by atoms with Crippen LogP contribution in [0.25, 0.3) is 0 Å². The minimum atomic E-state index is -0.0644. The lowest BCUT2D eigenvalue weighted by atomic mass is 10.1. The minimum absolute atomic E-state index is 0.0644. The maximum absolute atomic E-state index is 12.1. The van der Waals surface area contributed by atoms with E-state index in [1.165, 1.54) is 17.5 Å². The average Bonchev–Trinajstić information content (AvgIpc) is 2.87. The van der Waals surface area contributed by atoms with Crippen LogP contribution in [0.15, 0.2) is 46.9 Å². The smallest absolute Gasteiger partial charge is 0.255 e. The van der Waals surface area contributed by atoms with Gasteiger partial charge in [-0.3, -0.25) is 4.79 Å². The number of halogens is 1. The van der Waals surface area contributed by atoms with Crippen molar-refractivity contribution < 1.29 is 4.79 Å². The van der Waals surface area contributed by atoms with Gasteiger partial charge in [-0.25, -0.2) is 0 Å². The van der Waals surface area contributed by atoms with Crippen molar-refractivity contribution in [2.24, 2.45) is 0 Å². The van der Waals surface area contributed by atoms with Crippen LogP contribution in [-0.2, 0) is 12.8 Å². The van der Waals surface area contributed by atoms with Gasteiger partial charge in [-0.2, -0.15) is 0 Å². The zero-order valence-electron chi connectivity index (χ0n) is 10.4. The van der Waals surface area contributed by atoms with Crippen LogP contribution in [0, 0.1) is 0 Å². The number of hydrogen-bond donors (Lipinski definition) is 1. The zero-order chi connectivity index (χ0) is 13.2. The van der Waals surface area contributed by atoms with Gasteiger partial charge in [-0.1, -0.05) is 22.0 Å². The monoisotopic (exact) mass is 315 g/mol. The Bertz CT molecular complexity index is 619. The Hall–Kier alpha value is -1.61. The highest BCUT2D eigenvalue weighted by atomic mass is 79.9. The van der Waals surface area contributed by atoms with Gasteiger partial charge in [0.2, 0.25) is 0 Å². The van der Waals surface area contributed by atoms with Crippen molar-refractivity contribution in [1.29, 1.82) is 0 Å². The molecule has 0 bridgehead atoms. The Labute approximate surface area is 121 Å². The van der Waals surface area contributed by atoms with E-state index in [0.29, 0.717) is 5.56 Å². The lowest BCUT2D eigenvalue weighted by molar-refractivity contribution is 0.102. The van der Waals surface area contributed by atoms with Crippen LogP contribution in [0.2, 0.25) is 0 Å². The zero-order valence-corrected chi connectivity index (χ0v) is 12.0. The molecule has 0 fully saturated rings. The van der Waals surface area contributed by atoms with Crippen molar-refractivity contribution in [3.8, 4) is 0 Å². The first-order valence-electron chi connectivity index (χ1n) is 6.41. The van der Waals surface area contributed by atoms with Gasteiger partial charge in [-0.15, -0.1) is 0 Å². The van der Waals surface area contributed by atoms with E-state index in [9.17, 15) is 4.79 Å². The van der Waals surface area contributed by atoms with Gasteiger partial charge >= 0.3 is 0 Å². The molecule has 0 aliphatic heterocycles. The third-order valence-corrected chi connectivity index (χ3v) is 3.99. The molecule has 1 amide bonds. The maximum atomic E-state index is 12.1. The number of carbonyl (C=O) groups is 1. The summed E-state index contributed by atoms with van der Waals surface area (Å²) >= 11 is 3.36. The lowest BCUT2D eigenvalue weighted by Crippen LogP contribution is -2.11. The van der Waals surface area contributed by atoms with Crippen LogP contribution < -0.4 is 5.32 Å². The molecule has 1 N–H and O–H groups in total. The summed E-state index contributed by atoms with van der Waals surface area (Å²) in [7, 11) is 0. The van der Waals surface area contributed by atoms with Crippen molar-refractivity contribution in [3.63, 3.8) is 0 Å². The third kappa shape index (κ3) is 2.71. The molecule has 19 heavy (non-hydrogen) atoms.